The molecular weight excluding hydrogens is 158 g/mol. The van der Waals surface area contributed by atoms with E-state index in [2.05, 4.69) is 18.8 Å². The van der Waals surface area contributed by atoms with Gasteiger partial charge in [0.1, 0.15) is 0 Å². The van der Waals surface area contributed by atoms with E-state index < -0.39 is 0 Å². The van der Waals surface area contributed by atoms with E-state index in [4.69, 9.17) is 0 Å². The Morgan fingerprint density at radius 2 is 2.00 bits per heavy atom. The Kier molecular flexibility index (Phi) is 6.56. The van der Waals surface area contributed by atoms with E-state index in [9.17, 15) is 0 Å². The van der Waals surface area contributed by atoms with Crippen LogP contribution in [0.15, 0.2) is 16.3 Å². The fourth-order valence-electron chi connectivity index (χ4n) is 1.74. The average molecular weight is 181 g/mol. The van der Waals surface area contributed by atoms with Crippen molar-refractivity contribution in [3.63, 3.8) is 0 Å². The SMILES string of the molecule is CC.CC=NC1=C(C)CCCC1C. The van der Waals surface area contributed by atoms with Gasteiger partial charge in [0.05, 0.1) is 0 Å². The van der Waals surface area contributed by atoms with Gasteiger partial charge in [0.25, 0.3) is 0 Å². The second kappa shape index (κ2) is 6.88. The maximum Gasteiger partial charge on any atom is 0.0416 e. The summed E-state index contributed by atoms with van der Waals surface area (Å²) in [6, 6.07) is 0. The quantitative estimate of drug-likeness (QED) is 0.538. The number of aliphatic imine (C=N–C) groups is 1. The zero-order chi connectivity index (χ0) is 10.3. The second-order valence-corrected chi connectivity index (χ2v) is 3.35. The average Bonchev–Trinajstić information content (AvgIpc) is 2.15. The Hall–Kier alpha value is -0.590. The van der Waals surface area contributed by atoms with Crippen LogP contribution in [0.3, 0.4) is 0 Å². The molecule has 13 heavy (non-hydrogen) atoms. The Labute approximate surface area is 83.0 Å². The highest BCUT2D eigenvalue weighted by Crippen LogP contribution is 2.29. The van der Waals surface area contributed by atoms with Crippen LogP contribution in [-0.2, 0) is 0 Å². The van der Waals surface area contributed by atoms with Crippen LogP contribution < -0.4 is 0 Å². The highest BCUT2D eigenvalue weighted by molar-refractivity contribution is 5.55. The summed E-state index contributed by atoms with van der Waals surface area (Å²) in [6.45, 7) is 10.5. The number of rotatable bonds is 1. The lowest BCUT2D eigenvalue weighted by molar-refractivity contribution is 0.531. The lowest BCUT2D eigenvalue weighted by Crippen LogP contribution is -2.06. The predicted octanol–water partition coefficient (Wildman–Crippen LogP) is 4.20. The highest BCUT2D eigenvalue weighted by Gasteiger charge is 2.15. The van der Waals surface area contributed by atoms with Crippen LogP contribution in [0.25, 0.3) is 0 Å². The van der Waals surface area contributed by atoms with Crippen LogP contribution in [0.2, 0.25) is 0 Å². The summed E-state index contributed by atoms with van der Waals surface area (Å²) >= 11 is 0. The molecule has 0 N–H and O–H groups in total. The molecule has 0 saturated carbocycles. The van der Waals surface area contributed by atoms with E-state index in [1.807, 2.05) is 27.0 Å². The zero-order valence-electron chi connectivity index (χ0n) is 9.72. The summed E-state index contributed by atoms with van der Waals surface area (Å²) in [5, 5.41) is 0. The molecule has 0 aromatic rings. The molecule has 0 heterocycles. The van der Waals surface area contributed by atoms with Crippen molar-refractivity contribution in [3.05, 3.63) is 11.3 Å². The topological polar surface area (TPSA) is 12.4 Å². The molecule has 0 radical (unpaired) electrons. The normalized spacial score (nSPS) is 23.0. The minimum Gasteiger partial charge on any atom is -0.266 e. The molecule has 0 aliphatic heterocycles. The third kappa shape index (κ3) is 3.75. The van der Waals surface area contributed by atoms with Crippen molar-refractivity contribution in [2.24, 2.45) is 10.9 Å². The van der Waals surface area contributed by atoms with Crippen molar-refractivity contribution >= 4 is 6.21 Å². The third-order valence-corrected chi connectivity index (χ3v) is 2.36. The van der Waals surface area contributed by atoms with Crippen molar-refractivity contribution in [1.82, 2.24) is 0 Å². The van der Waals surface area contributed by atoms with Crippen molar-refractivity contribution in [3.8, 4) is 0 Å². The second-order valence-electron chi connectivity index (χ2n) is 3.35. The van der Waals surface area contributed by atoms with E-state index >= 15 is 0 Å². The molecule has 0 spiro atoms. The lowest BCUT2D eigenvalue weighted by atomic mass is 9.89. The monoisotopic (exact) mass is 181 g/mol. The molecule has 1 heteroatoms. The van der Waals surface area contributed by atoms with E-state index in [0.717, 1.165) is 0 Å². The Bertz CT molecular complexity index is 189. The van der Waals surface area contributed by atoms with Crippen molar-refractivity contribution in [2.75, 3.05) is 0 Å². The molecule has 0 aromatic carbocycles. The number of nitrogens with zero attached hydrogens (tertiary/aromatic N) is 1. The maximum absolute atomic E-state index is 4.40. The van der Waals surface area contributed by atoms with E-state index in [1.54, 1.807) is 0 Å². The summed E-state index contributed by atoms with van der Waals surface area (Å²) in [7, 11) is 0. The molecule has 0 amide bonds. The van der Waals surface area contributed by atoms with Gasteiger partial charge in [-0.25, -0.2) is 0 Å². The van der Waals surface area contributed by atoms with Gasteiger partial charge in [-0.3, -0.25) is 4.99 Å². The number of allylic oxidation sites excluding steroid dienone is 2. The Morgan fingerprint density at radius 3 is 2.46 bits per heavy atom. The molecule has 0 bridgehead atoms. The fraction of sp³-hybridized carbons (Fsp3) is 0.750. The Balaban J connectivity index is 0.000000671. The van der Waals surface area contributed by atoms with Crippen LogP contribution in [0.4, 0.5) is 0 Å². The standard InChI is InChI=1S/C10H17N.C2H6/c1-4-11-10-8(2)6-5-7-9(10)3;1-2/h4,8H,5-7H2,1-3H3;1-2H3. The molecule has 0 saturated heterocycles. The van der Waals surface area contributed by atoms with Gasteiger partial charge in [-0.15, -0.1) is 0 Å². The first-order valence-electron chi connectivity index (χ1n) is 5.44. The summed E-state index contributed by atoms with van der Waals surface area (Å²) < 4.78 is 0. The van der Waals surface area contributed by atoms with E-state index in [1.165, 1.54) is 30.5 Å². The summed E-state index contributed by atoms with van der Waals surface area (Å²) in [5.41, 5.74) is 2.82. The van der Waals surface area contributed by atoms with Crippen LogP contribution in [0, 0.1) is 5.92 Å². The first kappa shape index (κ1) is 12.4. The van der Waals surface area contributed by atoms with Gasteiger partial charge in [0.15, 0.2) is 0 Å². The van der Waals surface area contributed by atoms with E-state index in [-0.39, 0.29) is 0 Å². The first-order chi connectivity index (χ1) is 6.25. The van der Waals surface area contributed by atoms with Crippen molar-refractivity contribution in [1.29, 1.82) is 0 Å². The van der Waals surface area contributed by atoms with Gasteiger partial charge >= 0.3 is 0 Å². The van der Waals surface area contributed by atoms with Gasteiger partial charge in [0.2, 0.25) is 0 Å². The minimum atomic E-state index is 0.681. The van der Waals surface area contributed by atoms with Gasteiger partial charge in [-0.05, 0) is 39.0 Å². The molecule has 0 fully saturated rings. The van der Waals surface area contributed by atoms with Gasteiger partial charge in [-0.1, -0.05) is 26.3 Å². The third-order valence-electron chi connectivity index (χ3n) is 2.36. The predicted molar refractivity (Wildman–Crippen MR) is 61.2 cm³/mol. The molecule has 1 nitrogen and oxygen atoms in total. The lowest BCUT2D eigenvalue weighted by Gasteiger charge is -2.20. The maximum atomic E-state index is 4.40. The Morgan fingerprint density at radius 1 is 1.38 bits per heavy atom. The molecule has 1 aliphatic rings. The largest absolute Gasteiger partial charge is 0.266 e. The zero-order valence-corrected chi connectivity index (χ0v) is 9.72. The summed E-state index contributed by atoms with van der Waals surface area (Å²) in [5.74, 6) is 0.681. The molecule has 0 aromatic heterocycles. The molecular formula is C12H23N. The molecule has 1 aliphatic carbocycles. The fourth-order valence-corrected chi connectivity index (χ4v) is 1.74. The van der Waals surface area contributed by atoms with Gasteiger partial charge in [0, 0.05) is 11.9 Å². The van der Waals surface area contributed by atoms with Gasteiger partial charge in [-0.2, -0.15) is 0 Å². The molecule has 76 valence electrons. The summed E-state index contributed by atoms with van der Waals surface area (Å²) in [4.78, 5) is 4.40. The van der Waals surface area contributed by atoms with E-state index in [0.29, 0.717) is 5.92 Å². The van der Waals surface area contributed by atoms with Crippen molar-refractivity contribution in [2.45, 2.75) is 53.9 Å². The molecule has 1 rings (SSSR count). The van der Waals surface area contributed by atoms with Gasteiger partial charge < -0.3 is 0 Å². The highest BCUT2D eigenvalue weighted by atomic mass is 14.7. The minimum absolute atomic E-state index is 0.681. The van der Waals surface area contributed by atoms with Crippen molar-refractivity contribution < 1.29 is 0 Å². The van der Waals surface area contributed by atoms with Crippen LogP contribution >= 0.6 is 0 Å². The molecule has 1 unspecified atom stereocenters. The number of hydrogen-bond donors (Lipinski definition) is 0. The molecule has 1 atom stereocenters. The summed E-state index contributed by atoms with van der Waals surface area (Å²) in [6.07, 6.45) is 5.80. The smallest absolute Gasteiger partial charge is 0.0416 e. The first-order valence-corrected chi connectivity index (χ1v) is 5.44. The van der Waals surface area contributed by atoms with Crippen LogP contribution in [-0.4, -0.2) is 6.21 Å². The van der Waals surface area contributed by atoms with Crippen LogP contribution in [0.1, 0.15) is 53.9 Å². The van der Waals surface area contributed by atoms with Crippen LogP contribution in [0.5, 0.6) is 0 Å². The number of hydrogen-bond acceptors (Lipinski definition) is 1.